The molecule has 1 aromatic carbocycles. The van der Waals surface area contributed by atoms with Gasteiger partial charge in [0.1, 0.15) is 11.9 Å². The summed E-state index contributed by atoms with van der Waals surface area (Å²) in [6.45, 7) is 2.00. The summed E-state index contributed by atoms with van der Waals surface area (Å²) < 4.78 is 11.2. The van der Waals surface area contributed by atoms with Gasteiger partial charge in [0.2, 0.25) is 5.88 Å². The van der Waals surface area contributed by atoms with Crippen molar-refractivity contribution in [3.05, 3.63) is 47.1 Å². The third-order valence-electron chi connectivity index (χ3n) is 4.59. The molecule has 1 aliphatic rings. The summed E-state index contributed by atoms with van der Waals surface area (Å²) in [5.41, 5.74) is 1.66. The smallest absolute Gasteiger partial charge is 0.319 e. The van der Waals surface area contributed by atoms with Crippen molar-refractivity contribution in [2.24, 2.45) is 0 Å². The third-order valence-corrected chi connectivity index (χ3v) is 4.83. The van der Waals surface area contributed by atoms with E-state index in [0.29, 0.717) is 22.3 Å². The maximum atomic E-state index is 12.3. The number of carbonyl (C=O) groups is 1. The quantitative estimate of drug-likeness (QED) is 0.786. The van der Waals surface area contributed by atoms with Gasteiger partial charge in [-0.1, -0.05) is 17.7 Å². The average molecular weight is 390 g/mol. The van der Waals surface area contributed by atoms with Crippen LogP contribution < -0.4 is 20.1 Å². The lowest BCUT2D eigenvalue weighted by Gasteiger charge is -2.29. The first-order valence-electron chi connectivity index (χ1n) is 9.04. The Morgan fingerprint density at radius 1 is 1.19 bits per heavy atom. The van der Waals surface area contributed by atoms with Crippen LogP contribution >= 0.6 is 11.6 Å². The number of nitrogens with zero attached hydrogens (tertiary/aromatic N) is 1. The van der Waals surface area contributed by atoms with E-state index in [0.717, 1.165) is 31.2 Å². The molecule has 7 heteroatoms. The van der Waals surface area contributed by atoms with Crippen molar-refractivity contribution in [2.45, 2.75) is 44.8 Å². The van der Waals surface area contributed by atoms with Crippen LogP contribution in [0, 0.1) is 6.92 Å². The van der Waals surface area contributed by atoms with E-state index >= 15 is 0 Å². The van der Waals surface area contributed by atoms with Gasteiger partial charge < -0.3 is 20.1 Å². The van der Waals surface area contributed by atoms with Crippen molar-refractivity contribution < 1.29 is 14.3 Å². The Morgan fingerprint density at radius 2 is 1.96 bits per heavy atom. The zero-order valence-electron chi connectivity index (χ0n) is 15.5. The number of benzene rings is 1. The first-order chi connectivity index (χ1) is 13.0. The van der Waals surface area contributed by atoms with Gasteiger partial charge in [0.05, 0.1) is 12.8 Å². The van der Waals surface area contributed by atoms with Crippen LogP contribution in [-0.2, 0) is 0 Å². The van der Waals surface area contributed by atoms with Crippen LogP contribution in [0.1, 0.15) is 31.2 Å². The lowest BCUT2D eigenvalue weighted by Crippen LogP contribution is -2.41. The largest absolute Gasteiger partial charge is 0.495 e. The maximum absolute atomic E-state index is 12.3. The zero-order chi connectivity index (χ0) is 19.2. The van der Waals surface area contributed by atoms with E-state index < -0.39 is 0 Å². The summed E-state index contributed by atoms with van der Waals surface area (Å²) in [6, 6.07) is 8.84. The van der Waals surface area contributed by atoms with Crippen molar-refractivity contribution in [1.29, 1.82) is 0 Å². The highest BCUT2D eigenvalue weighted by Gasteiger charge is 2.24. The number of carbonyl (C=O) groups excluding carboxylic acids is 1. The fourth-order valence-corrected chi connectivity index (χ4v) is 3.31. The van der Waals surface area contributed by atoms with E-state index in [1.807, 2.05) is 19.1 Å². The molecule has 1 aromatic heterocycles. The molecule has 2 N–H and O–H groups in total. The Labute approximate surface area is 164 Å². The first kappa shape index (κ1) is 19.3. The molecule has 0 spiro atoms. The Kier molecular flexibility index (Phi) is 6.40. The van der Waals surface area contributed by atoms with E-state index in [-0.39, 0.29) is 18.2 Å². The molecule has 0 bridgehead atoms. The average Bonchev–Trinajstić information content (AvgIpc) is 2.65. The van der Waals surface area contributed by atoms with Crippen LogP contribution in [0.5, 0.6) is 11.6 Å². The molecule has 1 saturated carbocycles. The topological polar surface area (TPSA) is 72.5 Å². The summed E-state index contributed by atoms with van der Waals surface area (Å²) in [5, 5.41) is 6.35. The second-order valence-corrected chi connectivity index (χ2v) is 7.14. The number of rotatable bonds is 5. The van der Waals surface area contributed by atoms with Crippen molar-refractivity contribution in [3.63, 3.8) is 0 Å². The second kappa shape index (κ2) is 8.95. The van der Waals surface area contributed by atoms with Gasteiger partial charge in [0.15, 0.2) is 0 Å². The highest BCUT2D eigenvalue weighted by molar-refractivity contribution is 6.31. The fourth-order valence-electron chi connectivity index (χ4n) is 3.14. The van der Waals surface area contributed by atoms with Gasteiger partial charge in [-0.05, 0) is 56.4 Å². The molecule has 27 heavy (non-hydrogen) atoms. The van der Waals surface area contributed by atoms with Crippen molar-refractivity contribution in [2.75, 3.05) is 12.4 Å². The van der Waals surface area contributed by atoms with Crippen molar-refractivity contribution >= 4 is 23.3 Å². The highest BCUT2D eigenvalue weighted by Crippen LogP contribution is 2.28. The van der Waals surface area contributed by atoms with E-state index in [1.165, 1.54) is 0 Å². The molecule has 6 nitrogen and oxygen atoms in total. The molecule has 0 aliphatic heterocycles. The number of methoxy groups -OCH3 is 1. The molecule has 144 valence electrons. The molecule has 2 aromatic rings. The predicted octanol–water partition coefficient (Wildman–Crippen LogP) is 4.56. The monoisotopic (exact) mass is 389 g/mol. The SMILES string of the molecule is COc1ccc(Cl)cc1NC(=O)NC1CCC(Oc2ccc(C)cn2)CC1. The third kappa shape index (κ3) is 5.50. The Hall–Kier alpha value is -2.47. The number of anilines is 1. The minimum Gasteiger partial charge on any atom is -0.495 e. The minimum atomic E-state index is -0.264. The maximum Gasteiger partial charge on any atom is 0.319 e. The number of hydrogen-bond acceptors (Lipinski definition) is 4. The normalized spacial score (nSPS) is 19.2. The summed E-state index contributed by atoms with van der Waals surface area (Å²) in [5.74, 6) is 1.22. The second-order valence-electron chi connectivity index (χ2n) is 6.71. The number of pyridine rings is 1. The molecular weight excluding hydrogens is 366 g/mol. The number of urea groups is 1. The molecule has 3 rings (SSSR count). The van der Waals surface area contributed by atoms with Crippen molar-refractivity contribution in [1.82, 2.24) is 10.3 Å². The number of amides is 2. The Bertz CT molecular complexity index is 775. The van der Waals surface area contributed by atoms with Crippen LogP contribution in [-0.4, -0.2) is 30.3 Å². The summed E-state index contributed by atoms with van der Waals surface area (Å²) in [6.07, 6.45) is 5.40. The molecule has 2 amide bonds. The summed E-state index contributed by atoms with van der Waals surface area (Å²) >= 11 is 5.99. The minimum absolute atomic E-state index is 0.112. The molecule has 0 unspecified atom stereocenters. The van der Waals surface area contributed by atoms with E-state index in [4.69, 9.17) is 21.1 Å². The number of halogens is 1. The van der Waals surface area contributed by atoms with Gasteiger partial charge in [-0.2, -0.15) is 0 Å². The molecule has 1 fully saturated rings. The summed E-state index contributed by atoms with van der Waals surface area (Å²) in [7, 11) is 1.55. The predicted molar refractivity (Wildman–Crippen MR) is 106 cm³/mol. The highest BCUT2D eigenvalue weighted by atomic mass is 35.5. The number of aryl methyl sites for hydroxylation is 1. The Balaban J connectivity index is 1.47. The molecule has 0 saturated heterocycles. The lowest BCUT2D eigenvalue weighted by molar-refractivity contribution is 0.135. The van der Waals surface area contributed by atoms with Gasteiger partial charge in [-0.15, -0.1) is 0 Å². The van der Waals surface area contributed by atoms with Crippen LogP contribution in [0.25, 0.3) is 0 Å². The van der Waals surface area contributed by atoms with E-state index in [9.17, 15) is 4.79 Å². The van der Waals surface area contributed by atoms with Crippen LogP contribution in [0.2, 0.25) is 5.02 Å². The van der Waals surface area contributed by atoms with Gasteiger partial charge in [-0.3, -0.25) is 0 Å². The van der Waals surface area contributed by atoms with Crippen LogP contribution in [0.4, 0.5) is 10.5 Å². The Morgan fingerprint density at radius 3 is 2.63 bits per heavy atom. The van der Waals surface area contributed by atoms with Gasteiger partial charge in [-0.25, -0.2) is 9.78 Å². The lowest BCUT2D eigenvalue weighted by atomic mass is 9.93. The summed E-state index contributed by atoms with van der Waals surface area (Å²) in [4.78, 5) is 16.6. The molecular formula is C20H24ClN3O3. The van der Waals surface area contributed by atoms with Gasteiger partial charge >= 0.3 is 6.03 Å². The zero-order valence-corrected chi connectivity index (χ0v) is 16.3. The van der Waals surface area contributed by atoms with E-state index in [2.05, 4.69) is 15.6 Å². The van der Waals surface area contributed by atoms with Crippen molar-refractivity contribution in [3.8, 4) is 11.6 Å². The number of ether oxygens (including phenoxy) is 2. The molecule has 0 atom stereocenters. The van der Waals surface area contributed by atoms with Gasteiger partial charge in [0.25, 0.3) is 0 Å². The molecule has 1 aliphatic carbocycles. The van der Waals surface area contributed by atoms with Crippen LogP contribution in [0.3, 0.4) is 0 Å². The van der Waals surface area contributed by atoms with Gasteiger partial charge in [0, 0.05) is 23.3 Å². The van der Waals surface area contributed by atoms with E-state index in [1.54, 1.807) is 31.5 Å². The first-order valence-corrected chi connectivity index (χ1v) is 9.41. The standard InChI is InChI=1S/C20H24ClN3O3/c1-13-3-10-19(22-12-13)27-16-7-5-15(6-8-16)23-20(25)24-17-11-14(21)4-9-18(17)26-2/h3-4,9-12,15-16H,5-8H2,1-2H3,(H2,23,24,25). The number of nitrogens with one attached hydrogen (secondary N) is 2. The molecule has 1 heterocycles. The number of aromatic nitrogens is 1. The fraction of sp³-hybridized carbons (Fsp3) is 0.400. The molecule has 0 radical (unpaired) electrons. The van der Waals surface area contributed by atoms with Crippen LogP contribution in [0.15, 0.2) is 36.5 Å². The number of hydrogen-bond donors (Lipinski definition) is 2.